The van der Waals surface area contributed by atoms with Gasteiger partial charge in [0.05, 0.1) is 5.41 Å². The van der Waals surface area contributed by atoms with Crippen molar-refractivity contribution in [2.24, 2.45) is 5.41 Å². The lowest BCUT2D eigenvalue weighted by Gasteiger charge is -2.22. The maximum atomic E-state index is 11.8. The molecule has 1 heterocycles. The van der Waals surface area contributed by atoms with Gasteiger partial charge in [-0.05, 0) is 19.9 Å². The smallest absolute Gasteiger partial charge is 0.251 e. The second-order valence-electron chi connectivity index (χ2n) is 4.59. The Morgan fingerprint density at radius 2 is 2.06 bits per heavy atom. The molecule has 2 amide bonds. The molecule has 0 saturated heterocycles. The standard InChI is InChI=1S/C12H17N3O3/c1-12(2,11(18)13-3)7-15-10(17)8-4-5-14-9(16)6-8/h4-6H,7H2,1-3H3,(H,13,18)(H,14,16)(H,15,17). The van der Waals surface area contributed by atoms with Gasteiger partial charge in [0, 0.05) is 31.4 Å². The molecule has 1 aromatic rings. The monoisotopic (exact) mass is 251 g/mol. The molecule has 0 unspecified atom stereocenters. The van der Waals surface area contributed by atoms with Crippen molar-refractivity contribution in [3.05, 3.63) is 34.2 Å². The summed E-state index contributed by atoms with van der Waals surface area (Å²) in [7, 11) is 1.54. The number of aromatic nitrogens is 1. The fraction of sp³-hybridized carbons (Fsp3) is 0.417. The molecular formula is C12H17N3O3. The largest absolute Gasteiger partial charge is 0.359 e. The zero-order valence-corrected chi connectivity index (χ0v) is 10.7. The molecule has 0 saturated carbocycles. The Morgan fingerprint density at radius 3 is 2.61 bits per heavy atom. The summed E-state index contributed by atoms with van der Waals surface area (Å²) < 4.78 is 0. The first-order valence-corrected chi connectivity index (χ1v) is 5.56. The van der Waals surface area contributed by atoms with Gasteiger partial charge in [0.1, 0.15) is 0 Å². The van der Waals surface area contributed by atoms with Crippen molar-refractivity contribution in [3.8, 4) is 0 Å². The molecule has 0 bridgehead atoms. The van der Waals surface area contributed by atoms with Gasteiger partial charge in [-0.2, -0.15) is 0 Å². The number of rotatable bonds is 4. The highest BCUT2D eigenvalue weighted by Crippen LogP contribution is 2.13. The molecule has 18 heavy (non-hydrogen) atoms. The van der Waals surface area contributed by atoms with Gasteiger partial charge in [0.25, 0.3) is 5.91 Å². The quantitative estimate of drug-likeness (QED) is 0.696. The van der Waals surface area contributed by atoms with E-state index in [9.17, 15) is 14.4 Å². The van der Waals surface area contributed by atoms with E-state index in [-0.39, 0.29) is 29.5 Å². The van der Waals surface area contributed by atoms with E-state index in [1.807, 2.05) is 0 Å². The molecular weight excluding hydrogens is 234 g/mol. The first-order chi connectivity index (χ1) is 8.36. The number of carbonyl (C=O) groups is 2. The van der Waals surface area contributed by atoms with Crippen LogP contribution in [0, 0.1) is 5.41 Å². The van der Waals surface area contributed by atoms with E-state index >= 15 is 0 Å². The SMILES string of the molecule is CNC(=O)C(C)(C)CNC(=O)c1cc[nH]c(=O)c1. The van der Waals surface area contributed by atoms with Crippen LogP contribution in [0.15, 0.2) is 23.1 Å². The second-order valence-corrected chi connectivity index (χ2v) is 4.59. The van der Waals surface area contributed by atoms with Gasteiger partial charge < -0.3 is 15.6 Å². The molecule has 0 aromatic carbocycles. The summed E-state index contributed by atoms with van der Waals surface area (Å²) in [5.41, 5.74) is -0.773. The Bertz CT molecular complexity index is 505. The Hall–Kier alpha value is -2.11. The molecule has 0 aliphatic heterocycles. The van der Waals surface area contributed by atoms with Gasteiger partial charge in [0.15, 0.2) is 0 Å². The Kier molecular flexibility index (Phi) is 4.25. The fourth-order valence-electron chi connectivity index (χ4n) is 1.41. The van der Waals surface area contributed by atoms with E-state index in [0.29, 0.717) is 0 Å². The number of carbonyl (C=O) groups excluding carboxylic acids is 2. The van der Waals surface area contributed by atoms with Crippen LogP contribution in [0.4, 0.5) is 0 Å². The van der Waals surface area contributed by atoms with Crippen molar-refractivity contribution in [2.45, 2.75) is 13.8 Å². The van der Waals surface area contributed by atoms with Crippen molar-refractivity contribution in [1.82, 2.24) is 15.6 Å². The molecule has 6 nitrogen and oxygen atoms in total. The van der Waals surface area contributed by atoms with Gasteiger partial charge in [-0.3, -0.25) is 14.4 Å². The Morgan fingerprint density at radius 1 is 1.39 bits per heavy atom. The number of hydrogen-bond acceptors (Lipinski definition) is 3. The van der Waals surface area contributed by atoms with Gasteiger partial charge >= 0.3 is 0 Å². The maximum absolute atomic E-state index is 11.8. The normalized spacial score (nSPS) is 10.8. The summed E-state index contributed by atoms with van der Waals surface area (Å²) >= 11 is 0. The summed E-state index contributed by atoms with van der Waals surface area (Å²) in [6.45, 7) is 3.64. The number of aromatic amines is 1. The molecule has 3 N–H and O–H groups in total. The summed E-state index contributed by atoms with van der Waals surface area (Å²) in [5.74, 6) is -0.535. The lowest BCUT2D eigenvalue weighted by Crippen LogP contribution is -2.43. The number of nitrogens with one attached hydrogen (secondary N) is 3. The predicted molar refractivity (Wildman–Crippen MR) is 67.2 cm³/mol. The molecule has 1 aromatic heterocycles. The van der Waals surface area contributed by atoms with Crippen molar-refractivity contribution < 1.29 is 9.59 Å². The lowest BCUT2D eigenvalue weighted by molar-refractivity contribution is -0.128. The third-order valence-corrected chi connectivity index (χ3v) is 2.57. The summed E-state index contributed by atoms with van der Waals surface area (Å²) in [6, 6.07) is 2.71. The average Bonchev–Trinajstić information content (AvgIpc) is 2.35. The minimum absolute atomic E-state index is 0.159. The molecule has 0 aliphatic carbocycles. The fourth-order valence-corrected chi connectivity index (χ4v) is 1.41. The van der Waals surface area contributed by atoms with E-state index < -0.39 is 5.41 Å². The first kappa shape index (κ1) is 14.0. The molecule has 0 fully saturated rings. The van der Waals surface area contributed by atoms with Crippen LogP contribution in [0.5, 0.6) is 0 Å². The molecule has 0 radical (unpaired) electrons. The van der Waals surface area contributed by atoms with Crippen LogP contribution < -0.4 is 16.2 Å². The average molecular weight is 251 g/mol. The molecule has 1 rings (SSSR count). The third kappa shape index (κ3) is 3.44. The molecule has 0 atom stereocenters. The molecule has 0 spiro atoms. The van der Waals surface area contributed by atoms with E-state index in [4.69, 9.17) is 0 Å². The lowest BCUT2D eigenvalue weighted by atomic mass is 9.92. The van der Waals surface area contributed by atoms with E-state index in [1.165, 1.54) is 18.3 Å². The van der Waals surface area contributed by atoms with Crippen LogP contribution in [-0.2, 0) is 4.79 Å². The van der Waals surface area contributed by atoms with Crippen molar-refractivity contribution in [3.63, 3.8) is 0 Å². The van der Waals surface area contributed by atoms with Crippen LogP contribution >= 0.6 is 0 Å². The minimum Gasteiger partial charge on any atom is -0.359 e. The van der Waals surface area contributed by atoms with E-state index in [1.54, 1.807) is 20.9 Å². The van der Waals surface area contributed by atoms with E-state index in [0.717, 1.165) is 0 Å². The highest BCUT2D eigenvalue weighted by molar-refractivity contribution is 5.94. The topological polar surface area (TPSA) is 91.1 Å². The summed E-state index contributed by atoms with van der Waals surface area (Å²) in [5, 5.41) is 5.16. The van der Waals surface area contributed by atoms with Gasteiger partial charge in [-0.15, -0.1) is 0 Å². The Balaban J connectivity index is 2.67. The highest BCUT2D eigenvalue weighted by atomic mass is 16.2. The van der Waals surface area contributed by atoms with Gasteiger partial charge in [-0.1, -0.05) is 0 Å². The van der Waals surface area contributed by atoms with Crippen LogP contribution in [0.1, 0.15) is 24.2 Å². The minimum atomic E-state index is -0.703. The van der Waals surface area contributed by atoms with Crippen LogP contribution in [-0.4, -0.2) is 30.4 Å². The van der Waals surface area contributed by atoms with Crippen molar-refractivity contribution >= 4 is 11.8 Å². The maximum Gasteiger partial charge on any atom is 0.251 e. The predicted octanol–water partition coefficient (Wildman–Crippen LogP) is -0.123. The molecule has 6 heteroatoms. The highest BCUT2D eigenvalue weighted by Gasteiger charge is 2.27. The van der Waals surface area contributed by atoms with Crippen LogP contribution in [0.2, 0.25) is 0 Å². The summed E-state index contributed by atoms with van der Waals surface area (Å²) in [4.78, 5) is 36.8. The molecule has 0 aliphatic rings. The van der Waals surface area contributed by atoms with Gasteiger partial charge in [0.2, 0.25) is 11.5 Å². The number of hydrogen-bond donors (Lipinski definition) is 3. The Labute approximate surface area is 105 Å². The number of pyridine rings is 1. The van der Waals surface area contributed by atoms with Crippen LogP contribution in [0.3, 0.4) is 0 Å². The number of H-pyrrole nitrogens is 1. The third-order valence-electron chi connectivity index (χ3n) is 2.57. The summed E-state index contributed by atoms with van der Waals surface area (Å²) in [6.07, 6.45) is 1.40. The van der Waals surface area contributed by atoms with Crippen LogP contribution in [0.25, 0.3) is 0 Å². The zero-order chi connectivity index (χ0) is 13.8. The van der Waals surface area contributed by atoms with E-state index in [2.05, 4.69) is 15.6 Å². The molecule has 98 valence electrons. The van der Waals surface area contributed by atoms with Crippen molar-refractivity contribution in [2.75, 3.05) is 13.6 Å². The number of amides is 2. The van der Waals surface area contributed by atoms with Crippen molar-refractivity contribution in [1.29, 1.82) is 0 Å². The van der Waals surface area contributed by atoms with Gasteiger partial charge in [-0.25, -0.2) is 0 Å². The zero-order valence-electron chi connectivity index (χ0n) is 10.7. The first-order valence-electron chi connectivity index (χ1n) is 5.56. The second kappa shape index (κ2) is 5.48.